The van der Waals surface area contributed by atoms with Gasteiger partial charge in [-0.3, -0.25) is 0 Å². The standard InChI is InChI=1S/C14H10F2N4/c15-8-5-6-10(16)12(7-8)18-13-9-3-1-2-4-11(9)19-14(17)20-13/h1-7H,(H3,17,18,19,20). The number of nitrogens with two attached hydrogens (primary N) is 1. The number of fused-ring (bicyclic) bond motifs is 1. The van der Waals surface area contributed by atoms with Crippen LogP contribution >= 0.6 is 0 Å². The quantitative estimate of drug-likeness (QED) is 0.751. The molecule has 4 nitrogen and oxygen atoms in total. The third kappa shape index (κ3) is 2.23. The van der Waals surface area contributed by atoms with E-state index in [0.717, 1.165) is 18.2 Å². The number of rotatable bonds is 2. The predicted molar refractivity (Wildman–Crippen MR) is 73.6 cm³/mol. The highest BCUT2D eigenvalue weighted by Crippen LogP contribution is 2.26. The topological polar surface area (TPSA) is 63.8 Å². The Bertz CT molecular complexity index is 789. The lowest BCUT2D eigenvalue weighted by Gasteiger charge is -2.10. The molecule has 0 fully saturated rings. The highest BCUT2D eigenvalue weighted by molar-refractivity contribution is 5.91. The van der Waals surface area contributed by atoms with E-state index in [1.54, 1.807) is 24.3 Å². The number of halogens is 2. The van der Waals surface area contributed by atoms with Crippen LogP contribution in [-0.4, -0.2) is 9.97 Å². The lowest BCUT2D eigenvalue weighted by molar-refractivity contribution is 0.603. The van der Waals surface area contributed by atoms with Crippen molar-refractivity contribution in [2.45, 2.75) is 0 Å². The fourth-order valence-electron chi connectivity index (χ4n) is 1.91. The largest absolute Gasteiger partial charge is 0.368 e. The van der Waals surface area contributed by atoms with E-state index >= 15 is 0 Å². The van der Waals surface area contributed by atoms with Gasteiger partial charge in [-0.05, 0) is 24.3 Å². The highest BCUT2D eigenvalue weighted by atomic mass is 19.1. The maximum atomic E-state index is 13.7. The van der Waals surface area contributed by atoms with Gasteiger partial charge in [0.2, 0.25) is 5.95 Å². The van der Waals surface area contributed by atoms with Crippen LogP contribution in [0.4, 0.5) is 26.2 Å². The minimum Gasteiger partial charge on any atom is -0.368 e. The second-order valence-corrected chi connectivity index (χ2v) is 4.20. The van der Waals surface area contributed by atoms with Crippen LogP contribution in [0.25, 0.3) is 10.9 Å². The van der Waals surface area contributed by atoms with Gasteiger partial charge in [0.15, 0.2) is 0 Å². The van der Waals surface area contributed by atoms with E-state index in [-0.39, 0.29) is 11.6 Å². The van der Waals surface area contributed by atoms with E-state index in [0.29, 0.717) is 16.7 Å². The molecule has 2 aromatic carbocycles. The zero-order chi connectivity index (χ0) is 14.1. The zero-order valence-corrected chi connectivity index (χ0v) is 10.3. The van der Waals surface area contributed by atoms with Gasteiger partial charge in [0.05, 0.1) is 11.2 Å². The lowest BCUT2D eigenvalue weighted by Crippen LogP contribution is -2.02. The summed E-state index contributed by atoms with van der Waals surface area (Å²) in [5.74, 6) is -0.728. The lowest BCUT2D eigenvalue weighted by atomic mass is 10.2. The van der Waals surface area contributed by atoms with E-state index in [1.807, 2.05) is 0 Å². The Labute approximate surface area is 113 Å². The molecule has 0 aliphatic carbocycles. The smallest absolute Gasteiger partial charge is 0.222 e. The summed E-state index contributed by atoms with van der Waals surface area (Å²) in [7, 11) is 0. The number of hydrogen-bond donors (Lipinski definition) is 2. The third-order valence-corrected chi connectivity index (χ3v) is 2.80. The Balaban J connectivity index is 2.13. The SMILES string of the molecule is Nc1nc(Nc2cc(F)ccc2F)c2ccccc2n1. The van der Waals surface area contributed by atoms with E-state index in [1.165, 1.54) is 0 Å². The van der Waals surface area contributed by atoms with Crippen LogP contribution in [0, 0.1) is 11.6 Å². The molecule has 0 atom stereocenters. The summed E-state index contributed by atoms with van der Waals surface area (Å²) < 4.78 is 26.8. The summed E-state index contributed by atoms with van der Waals surface area (Å²) in [6.07, 6.45) is 0. The van der Waals surface area contributed by atoms with Gasteiger partial charge in [0.25, 0.3) is 0 Å². The Hall–Kier alpha value is -2.76. The van der Waals surface area contributed by atoms with Crippen molar-refractivity contribution < 1.29 is 8.78 Å². The third-order valence-electron chi connectivity index (χ3n) is 2.80. The molecular weight excluding hydrogens is 262 g/mol. The first-order valence-corrected chi connectivity index (χ1v) is 5.88. The van der Waals surface area contributed by atoms with Crippen LogP contribution in [0.2, 0.25) is 0 Å². The monoisotopic (exact) mass is 272 g/mol. The van der Waals surface area contributed by atoms with Gasteiger partial charge in [-0.2, -0.15) is 4.98 Å². The molecule has 1 heterocycles. The average molecular weight is 272 g/mol. The van der Waals surface area contributed by atoms with Gasteiger partial charge in [0.1, 0.15) is 17.5 Å². The molecule has 0 aliphatic rings. The van der Waals surface area contributed by atoms with Crippen molar-refractivity contribution >= 4 is 28.4 Å². The van der Waals surface area contributed by atoms with E-state index < -0.39 is 11.6 Å². The summed E-state index contributed by atoms with van der Waals surface area (Å²) in [6, 6.07) is 10.3. The molecule has 3 rings (SSSR count). The average Bonchev–Trinajstić information content (AvgIpc) is 2.43. The maximum Gasteiger partial charge on any atom is 0.222 e. The molecule has 0 bridgehead atoms. The molecule has 0 radical (unpaired) electrons. The minimum atomic E-state index is -0.576. The van der Waals surface area contributed by atoms with Crippen LogP contribution in [0.3, 0.4) is 0 Å². The molecule has 1 aromatic heterocycles. The summed E-state index contributed by atoms with van der Waals surface area (Å²) in [5, 5.41) is 3.42. The Morgan fingerprint density at radius 3 is 2.65 bits per heavy atom. The molecule has 0 amide bonds. The Morgan fingerprint density at radius 1 is 1.00 bits per heavy atom. The summed E-state index contributed by atoms with van der Waals surface area (Å²) in [6.45, 7) is 0. The van der Waals surface area contributed by atoms with E-state index in [9.17, 15) is 8.78 Å². The van der Waals surface area contributed by atoms with Crippen molar-refractivity contribution in [1.29, 1.82) is 0 Å². The van der Waals surface area contributed by atoms with Gasteiger partial charge in [-0.25, -0.2) is 13.8 Å². The maximum absolute atomic E-state index is 13.7. The van der Waals surface area contributed by atoms with Crippen molar-refractivity contribution in [3.8, 4) is 0 Å². The van der Waals surface area contributed by atoms with Gasteiger partial charge in [-0.15, -0.1) is 0 Å². The molecule has 0 saturated heterocycles. The number of nitrogen functional groups attached to an aromatic ring is 1. The number of nitrogens with one attached hydrogen (secondary N) is 1. The van der Waals surface area contributed by atoms with Crippen LogP contribution in [0.1, 0.15) is 0 Å². The fourth-order valence-corrected chi connectivity index (χ4v) is 1.91. The molecule has 3 aromatic rings. The summed E-state index contributed by atoms with van der Waals surface area (Å²) in [5.41, 5.74) is 6.23. The molecule has 6 heteroatoms. The number of hydrogen-bond acceptors (Lipinski definition) is 4. The van der Waals surface area contributed by atoms with E-state index in [4.69, 9.17) is 5.73 Å². The van der Waals surface area contributed by atoms with Crippen molar-refractivity contribution in [2.24, 2.45) is 0 Å². The Kier molecular flexibility index (Phi) is 2.90. The molecule has 0 saturated carbocycles. The number of para-hydroxylation sites is 1. The normalized spacial score (nSPS) is 10.7. The number of nitrogens with zero attached hydrogens (tertiary/aromatic N) is 2. The number of benzene rings is 2. The molecule has 0 unspecified atom stereocenters. The van der Waals surface area contributed by atoms with Crippen LogP contribution < -0.4 is 11.1 Å². The summed E-state index contributed by atoms with van der Waals surface area (Å²) in [4.78, 5) is 8.11. The first-order valence-electron chi connectivity index (χ1n) is 5.88. The van der Waals surface area contributed by atoms with Crippen LogP contribution in [0.15, 0.2) is 42.5 Å². The van der Waals surface area contributed by atoms with Crippen molar-refractivity contribution in [1.82, 2.24) is 9.97 Å². The fraction of sp³-hybridized carbons (Fsp3) is 0. The van der Waals surface area contributed by atoms with Crippen LogP contribution in [0.5, 0.6) is 0 Å². The molecule has 0 spiro atoms. The second-order valence-electron chi connectivity index (χ2n) is 4.20. The first kappa shape index (κ1) is 12.3. The first-order chi connectivity index (χ1) is 9.63. The Morgan fingerprint density at radius 2 is 1.80 bits per heavy atom. The predicted octanol–water partition coefficient (Wildman–Crippen LogP) is 3.23. The van der Waals surface area contributed by atoms with Crippen molar-refractivity contribution in [3.05, 3.63) is 54.1 Å². The minimum absolute atomic E-state index is 0.00625. The second kappa shape index (κ2) is 4.73. The molecule has 3 N–H and O–H groups in total. The molecule has 100 valence electrons. The van der Waals surface area contributed by atoms with Gasteiger partial charge < -0.3 is 11.1 Å². The zero-order valence-electron chi connectivity index (χ0n) is 10.3. The molecular formula is C14H10F2N4. The van der Waals surface area contributed by atoms with Crippen molar-refractivity contribution in [2.75, 3.05) is 11.1 Å². The van der Waals surface area contributed by atoms with Gasteiger partial charge in [0, 0.05) is 11.5 Å². The highest BCUT2D eigenvalue weighted by Gasteiger charge is 2.09. The van der Waals surface area contributed by atoms with Gasteiger partial charge >= 0.3 is 0 Å². The summed E-state index contributed by atoms with van der Waals surface area (Å²) >= 11 is 0. The van der Waals surface area contributed by atoms with Gasteiger partial charge in [-0.1, -0.05) is 12.1 Å². The van der Waals surface area contributed by atoms with E-state index in [2.05, 4.69) is 15.3 Å². The molecule has 0 aliphatic heterocycles. The van der Waals surface area contributed by atoms with Crippen LogP contribution in [-0.2, 0) is 0 Å². The number of aromatic nitrogens is 2. The molecule has 20 heavy (non-hydrogen) atoms. The number of anilines is 3. The van der Waals surface area contributed by atoms with Crippen molar-refractivity contribution in [3.63, 3.8) is 0 Å².